The fourth-order valence-electron chi connectivity index (χ4n) is 13.5. The highest BCUT2D eigenvalue weighted by atomic mass is 32.2. The van der Waals surface area contributed by atoms with Gasteiger partial charge in [0, 0.05) is 27.8 Å². The van der Waals surface area contributed by atoms with Gasteiger partial charge in [-0.15, -0.1) is 23.5 Å². The minimum absolute atomic E-state index is 0.179. The van der Waals surface area contributed by atoms with E-state index < -0.39 is 0 Å². The van der Waals surface area contributed by atoms with Crippen LogP contribution in [0.3, 0.4) is 0 Å². The van der Waals surface area contributed by atoms with Gasteiger partial charge in [-0.3, -0.25) is 0 Å². The molecule has 0 amide bonds. The third kappa shape index (κ3) is 4.93. The number of benzene rings is 1. The summed E-state index contributed by atoms with van der Waals surface area (Å²) in [6.07, 6.45) is 47.7. The Bertz CT molecular complexity index is 1870. The van der Waals surface area contributed by atoms with Crippen LogP contribution in [0.5, 0.6) is 0 Å². The molecule has 1 aromatic rings. The molecule has 1 aromatic carbocycles. The van der Waals surface area contributed by atoms with Gasteiger partial charge in [0.2, 0.25) is 0 Å². The second kappa shape index (κ2) is 12.9. The average Bonchev–Trinajstić information content (AvgIpc) is 3.72. The van der Waals surface area contributed by atoms with Crippen LogP contribution in [0.2, 0.25) is 0 Å². The molecule has 0 N–H and O–H groups in total. The molecule has 2 heteroatoms. The number of rotatable bonds is 4. The van der Waals surface area contributed by atoms with Gasteiger partial charge in [0.25, 0.3) is 0 Å². The van der Waals surface area contributed by atoms with Crippen molar-refractivity contribution in [1.29, 1.82) is 0 Å². The second-order valence-corrected chi connectivity index (χ2v) is 20.2. The highest BCUT2D eigenvalue weighted by Crippen LogP contribution is 2.73. The standard InChI is InChI=1S/C49H54S2/c1-2-13-31(14-3-1)39(29-34-16-12-19-37-36-18-6-9-22-44(36)51-48(34)37)33-25-27-38-43(30-33)49(42-28-26-32-15-4-5-17-35(32)47(38)42)40-20-7-10-23-45(40)50-46-24-11-8-21-41(46)49/h1-3,6-7,10,13-14,18,20,23,25-28,30,34,37-40,42-43,45,47-48H,4-5,8-9,11-12,15-17,19,21-22,24,29H2. The van der Waals surface area contributed by atoms with E-state index in [2.05, 4.69) is 121 Å². The maximum atomic E-state index is 2.96. The lowest BCUT2D eigenvalue weighted by molar-refractivity contribution is 0.146. The minimum atomic E-state index is 0.179. The Morgan fingerprint density at radius 2 is 1.61 bits per heavy atom. The van der Waals surface area contributed by atoms with E-state index >= 15 is 0 Å². The largest absolute Gasteiger partial charge is 0.126 e. The zero-order chi connectivity index (χ0) is 33.5. The zero-order valence-electron chi connectivity index (χ0n) is 30.2. The lowest BCUT2D eigenvalue weighted by atomic mass is 9.53. The van der Waals surface area contributed by atoms with Gasteiger partial charge in [-0.05, 0) is 151 Å². The first-order chi connectivity index (χ1) is 25.3. The molecule has 51 heavy (non-hydrogen) atoms. The molecule has 2 saturated carbocycles. The Morgan fingerprint density at radius 3 is 2.57 bits per heavy atom. The molecular weight excluding hydrogens is 653 g/mol. The number of hydrogen-bond acceptors (Lipinski definition) is 2. The number of fused-ring (bicyclic) bond motifs is 11. The van der Waals surface area contributed by atoms with Crippen LogP contribution in [0.4, 0.5) is 0 Å². The van der Waals surface area contributed by atoms with Gasteiger partial charge in [0.05, 0.1) is 0 Å². The monoisotopic (exact) mass is 706 g/mol. The van der Waals surface area contributed by atoms with Crippen molar-refractivity contribution in [3.05, 3.63) is 140 Å². The summed E-state index contributed by atoms with van der Waals surface area (Å²) in [7, 11) is 0. The number of allylic oxidation sites excluding steroid dienone is 17. The van der Waals surface area contributed by atoms with E-state index in [0.29, 0.717) is 40.8 Å². The van der Waals surface area contributed by atoms with Crippen molar-refractivity contribution in [2.24, 2.45) is 46.8 Å². The summed E-state index contributed by atoms with van der Waals surface area (Å²) < 4.78 is 0. The van der Waals surface area contributed by atoms with E-state index in [4.69, 9.17) is 0 Å². The van der Waals surface area contributed by atoms with Gasteiger partial charge >= 0.3 is 0 Å². The predicted molar refractivity (Wildman–Crippen MR) is 218 cm³/mol. The maximum absolute atomic E-state index is 2.96. The number of hydrogen-bond donors (Lipinski definition) is 0. The van der Waals surface area contributed by atoms with Crippen LogP contribution >= 0.6 is 23.5 Å². The highest BCUT2D eigenvalue weighted by molar-refractivity contribution is 8.04. The summed E-state index contributed by atoms with van der Waals surface area (Å²) in [5, 5.41) is 1.34. The molecule has 11 rings (SSSR count). The topological polar surface area (TPSA) is 0 Å². The molecule has 11 unspecified atom stereocenters. The SMILES string of the molecule is C1=CC2SC3=C(CCCC3)C3(C2C=C1)C1C=C(C(CC2CCCC4C5=C(CCC=C5)SC24)c2ccccc2)C=CC1C1C2=C(C=CC13)CCCC2. The van der Waals surface area contributed by atoms with E-state index in [1.54, 1.807) is 32.1 Å². The van der Waals surface area contributed by atoms with Crippen LogP contribution in [0, 0.1) is 46.8 Å². The van der Waals surface area contributed by atoms with Crippen molar-refractivity contribution in [2.75, 3.05) is 0 Å². The van der Waals surface area contributed by atoms with Crippen LogP contribution in [-0.2, 0) is 0 Å². The Labute approximate surface area is 315 Å². The molecule has 0 radical (unpaired) electrons. The molecule has 2 fully saturated rings. The van der Waals surface area contributed by atoms with Crippen LogP contribution < -0.4 is 0 Å². The second-order valence-electron chi connectivity index (χ2n) is 17.6. The normalized spacial score (nSPS) is 40.7. The molecule has 0 aromatic heterocycles. The summed E-state index contributed by atoms with van der Waals surface area (Å²) >= 11 is 4.57. The number of thioether (sulfide) groups is 2. The third-order valence-corrected chi connectivity index (χ3v) is 18.6. The lowest BCUT2D eigenvalue weighted by Gasteiger charge is -2.55. The third-order valence-electron chi connectivity index (χ3n) is 15.4. The molecule has 1 spiro atoms. The molecule has 10 aliphatic rings. The fraction of sp³-hybridized carbons (Fsp3) is 0.510. The van der Waals surface area contributed by atoms with Crippen molar-refractivity contribution in [1.82, 2.24) is 0 Å². The lowest BCUT2D eigenvalue weighted by Crippen LogP contribution is -2.49. The fourth-order valence-corrected chi connectivity index (χ4v) is 17.0. The molecule has 11 atom stereocenters. The van der Waals surface area contributed by atoms with Gasteiger partial charge in [-0.1, -0.05) is 115 Å². The van der Waals surface area contributed by atoms with Crippen LogP contribution in [0.15, 0.2) is 135 Å². The van der Waals surface area contributed by atoms with Crippen molar-refractivity contribution in [3.8, 4) is 0 Å². The van der Waals surface area contributed by atoms with Crippen molar-refractivity contribution in [3.63, 3.8) is 0 Å². The quantitative estimate of drug-likeness (QED) is 0.306. The van der Waals surface area contributed by atoms with Gasteiger partial charge in [0.15, 0.2) is 0 Å². The molecule has 0 nitrogen and oxygen atoms in total. The first-order valence-electron chi connectivity index (χ1n) is 20.9. The Kier molecular flexibility index (Phi) is 8.08. The zero-order valence-corrected chi connectivity index (χ0v) is 31.9. The van der Waals surface area contributed by atoms with E-state index in [0.717, 1.165) is 17.1 Å². The van der Waals surface area contributed by atoms with Gasteiger partial charge in [0.1, 0.15) is 0 Å². The average molecular weight is 707 g/mol. The van der Waals surface area contributed by atoms with Crippen LogP contribution in [0.1, 0.15) is 101 Å². The molecule has 2 heterocycles. The summed E-state index contributed by atoms with van der Waals surface area (Å²) in [6.45, 7) is 0. The van der Waals surface area contributed by atoms with Crippen LogP contribution in [-0.4, -0.2) is 10.5 Å². The highest BCUT2D eigenvalue weighted by Gasteiger charge is 2.66. The Balaban J connectivity index is 1.04. The van der Waals surface area contributed by atoms with Crippen molar-refractivity contribution >= 4 is 23.5 Å². The predicted octanol–water partition coefficient (Wildman–Crippen LogP) is 13.4. The van der Waals surface area contributed by atoms with Crippen LogP contribution in [0.25, 0.3) is 0 Å². The van der Waals surface area contributed by atoms with Gasteiger partial charge in [-0.25, -0.2) is 0 Å². The summed E-state index contributed by atoms with van der Waals surface area (Å²) in [6, 6.07) is 11.8. The van der Waals surface area contributed by atoms with E-state index in [9.17, 15) is 0 Å². The van der Waals surface area contributed by atoms with E-state index in [-0.39, 0.29) is 5.41 Å². The Hall–Kier alpha value is -2.42. The Morgan fingerprint density at radius 1 is 0.725 bits per heavy atom. The van der Waals surface area contributed by atoms with E-state index in [1.165, 1.54) is 89.9 Å². The molecule has 0 saturated heterocycles. The maximum Gasteiger partial charge on any atom is 0.0346 e. The molecule has 2 aliphatic heterocycles. The van der Waals surface area contributed by atoms with Crippen molar-refractivity contribution in [2.45, 2.75) is 106 Å². The summed E-state index contributed by atoms with van der Waals surface area (Å²) in [5.41, 5.74) is 10.6. The first-order valence-corrected chi connectivity index (χ1v) is 22.7. The minimum Gasteiger partial charge on any atom is -0.126 e. The summed E-state index contributed by atoms with van der Waals surface area (Å²) in [5.74, 6) is 5.03. The molecular formula is C49H54S2. The molecule has 262 valence electrons. The smallest absolute Gasteiger partial charge is 0.0346 e. The van der Waals surface area contributed by atoms with Gasteiger partial charge in [-0.2, -0.15) is 0 Å². The molecule has 0 bridgehead atoms. The first kappa shape index (κ1) is 32.0. The van der Waals surface area contributed by atoms with Crippen molar-refractivity contribution < 1.29 is 0 Å². The molecule has 8 aliphatic carbocycles. The van der Waals surface area contributed by atoms with E-state index in [1.807, 2.05) is 11.1 Å². The summed E-state index contributed by atoms with van der Waals surface area (Å²) in [4.78, 5) is 3.53. The van der Waals surface area contributed by atoms with Gasteiger partial charge < -0.3 is 0 Å².